The molecule has 34 heavy (non-hydrogen) atoms. The van der Waals surface area contributed by atoms with Crippen molar-refractivity contribution in [2.75, 3.05) is 18.5 Å². The Balaban J connectivity index is 1.61. The number of aliphatic hydroxyl groups excluding tert-OH is 2. The van der Waals surface area contributed by atoms with E-state index in [9.17, 15) is 23.1 Å². The Kier molecular flexibility index (Phi) is 6.38. The van der Waals surface area contributed by atoms with E-state index in [2.05, 4.69) is 25.4 Å². The zero-order valence-corrected chi connectivity index (χ0v) is 17.3. The highest BCUT2D eigenvalue weighted by molar-refractivity contribution is 6.02. The van der Waals surface area contributed by atoms with E-state index < -0.39 is 30.4 Å². The number of nitrogens with zero attached hydrogens (tertiary/aromatic N) is 5. The number of amides is 1. The second-order valence-electron chi connectivity index (χ2n) is 7.02. The van der Waals surface area contributed by atoms with Gasteiger partial charge in [0, 0.05) is 5.56 Å². The van der Waals surface area contributed by atoms with E-state index in [1.807, 2.05) is 0 Å². The Morgan fingerprint density at radius 3 is 2.71 bits per heavy atom. The summed E-state index contributed by atoms with van der Waals surface area (Å²) < 4.78 is 46.6. The number of fused-ring (bicyclic) bond motifs is 1. The first-order chi connectivity index (χ1) is 16.3. The van der Waals surface area contributed by atoms with E-state index in [1.165, 1.54) is 48.9 Å². The number of halogens is 3. The van der Waals surface area contributed by atoms with Crippen LogP contribution in [0, 0.1) is 0 Å². The molecule has 4 aromatic rings. The first kappa shape index (κ1) is 23.1. The van der Waals surface area contributed by atoms with Crippen molar-refractivity contribution in [1.29, 1.82) is 0 Å². The predicted octanol–water partition coefficient (Wildman–Crippen LogP) is 2.19. The lowest BCUT2D eigenvalue weighted by atomic mass is 10.0. The molecular formula is C21H17F3N6O4. The molecule has 0 aliphatic carbocycles. The number of benzene rings is 1. The van der Waals surface area contributed by atoms with Crippen LogP contribution in [0.2, 0.25) is 0 Å². The van der Waals surface area contributed by atoms with Gasteiger partial charge in [-0.05, 0) is 18.2 Å². The maximum atomic E-state index is 13.4. The first-order valence-electron chi connectivity index (χ1n) is 9.83. The monoisotopic (exact) mass is 474 g/mol. The van der Waals surface area contributed by atoms with Crippen LogP contribution < -0.4 is 10.1 Å². The molecule has 3 N–H and O–H groups in total. The van der Waals surface area contributed by atoms with Crippen LogP contribution in [0.3, 0.4) is 0 Å². The summed E-state index contributed by atoms with van der Waals surface area (Å²) in [7, 11) is 0. The minimum absolute atomic E-state index is 0.00473. The number of carbonyl (C=O) groups is 1. The number of aromatic nitrogens is 5. The lowest BCUT2D eigenvalue weighted by Gasteiger charge is -2.12. The molecule has 0 aliphatic heterocycles. The number of hydrogen-bond acceptors (Lipinski definition) is 8. The molecule has 0 bridgehead atoms. The molecule has 1 amide bonds. The predicted molar refractivity (Wildman–Crippen MR) is 112 cm³/mol. The molecule has 1 aromatic carbocycles. The van der Waals surface area contributed by atoms with Crippen molar-refractivity contribution >= 4 is 17.4 Å². The maximum absolute atomic E-state index is 13.4. The topological polar surface area (TPSA) is 135 Å². The van der Waals surface area contributed by atoms with Crippen LogP contribution in [-0.4, -0.2) is 60.0 Å². The highest BCUT2D eigenvalue weighted by atomic mass is 19.4. The van der Waals surface area contributed by atoms with Crippen LogP contribution in [0.1, 0.15) is 16.1 Å². The molecule has 0 saturated carbocycles. The number of ether oxygens (including phenoxy) is 1. The summed E-state index contributed by atoms with van der Waals surface area (Å²) >= 11 is 0. The van der Waals surface area contributed by atoms with Crippen LogP contribution >= 0.6 is 0 Å². The van der Waals surface area contributed by atoms with Gasteiger partial charge in [-0.3, -0.25) is 9.78 Å². The minimum Gasteiger partial charge on any atom is -0.474 e. The second-order valence-corrected chi connectivity index (χ2v) is 7.02. The number of imidazole rings is 1. The Morgan fingerprint density at radius 2 is 1.94 bits per heavy atom. The maximum Gasteiger partial charge on any atom is 0.417 e. The Bertz CT molecular complexity index is 1330. The summed E-state index contributed by atoms with van der Waals surface area (Å²) in [6.07, 6.45) is -1.97. The first-order valence-corrected chi connectivity index (χ1v) is 9.83. The van der Waals surface area contributed by atoms with Crippen LogP contribution in [0.5, 0.6) is 5.88 Å². The number of rotatable bonds is 7. The van der Waals surface area contributed by atoms with Gasteiger partial charge in [0.2, 0.25) is 5.88 Å². The number of hydrogen-bond donors (Lipinski definition) is 3. The van der Waals surface area contributed by atoms with Gasteiger partial charge >= 0.3 is 6.18 Å². The Morgan fingerprint density at radius 1 is 1.15 bits per heavy atom. The largest absolute Gasteiger partial charge is 0.474 e. The van der Waals surface area contributed by atoms with Crippen LogP contribution in [0.15, 0.2) is 55.0 Å². The van der Waals surface area contributed by atoms with Crippen LogP contribution in [0.25, 0.3) is 16.9 Å². The van der Waals surface area contributed by atoms with Gasteiger partial charge in [0.25, 0.3) is 5.91 Å². The third-order valence-electron chi connectivity index (χ3n) is 4.59. The zero-order chi connectivity index (χ0) is 24.3. The van der Waals surface area contributed by atoms with Gasteiger partial charge in [0.15, 0.2) is 17.2 Å². The molecule has 13 heteroatoms. The lowest BCUT2D eigenvalue weighted by Crippen LogP contribution is -2.22. The number of aliphatic hydroxyl groups is 2. The van der Waals surface area contributed by atoms with Crippen molar-refractivity contribution in [3.8, 4) is 17.1 Å². The third-order valence-corrected chi connectivity index (χ3v) is 4.59. The number of nitrogens with one attached hydrogen (secondary N) is 1. The van der Waals surface area contributed by atoms with Crippen molar-refractivity contribution in [2.24, 2.45) is 0 Å². The highest BCUT2D eigenvalue weighted by Crippen LogP contribution is 2.36. The van der Waals surface area contributed by atoms with Gasteiger partial charge in [-0.2, -0.15) is 23.3 Å². The van der Waals surface area contributed by atoms with E-state index in [4.69, 9.17) is 9.84 Å². The third kappa shape index (κ3) is 4.94. The molecule has 176 valence electrons. The number of anilines is 1. The minimum atomic E-state index is -4.58. The fourth-order valence-corrected chi connectivity index (χ4v) is 3.02. The summed E-state index contributed by atoms with van der Waals surface area (Å²) in [4.78, 5) is 24.8. The smallest absolute Gasteiger partial charge is 0.417 e. The standard InChI is InChI=1S/C21H17F3N6O4/c22-21(23,24)14-4-2-1-3-13(14)15-5-6-18-26-7-16(30(18)29-15)20(33)28-17-8-25-9-19(27-17)34-11-12(32)10-31/h1-9,12,31-32H,10-11H2,(H,27,28,33). The van der Waals surface area contributed by atoms with Crippen molar-refractivity contribution in [1.82, 2.24) is 24.6 Å². The molecule has 1 atom stereocenters. The van der Waals surface area contributed by atoms with E-state index in [1.54, 1.807) is 0 Å². The van der Waals surface area contributed by atoms with E-state index in [-0.39, 0.29) is 40.9 Å². The molecule has 0 aliphatic rings. The van der Waals surface area contributed by atoms with Gasteiger partial charge in [-0.25, -0.2) is 9.50 Å². The second kappa shape index (κ2) is 9.41. The van der Waals surface area contributed by atoms with Crippen LogP contribution in [0.4, 0.5) is 19.0 Å². The van der Waals surface area contributed by atoms with Gasteiger partial charge in [-0.15, -0.1) is 0 Å². The fraction of sp³-hybridized carbons (Fsp3) is 0.190. The highest BCUT2D eigenvalue weighted by Gasteiger charge is 2.33. The van der Waals surface area contributed by atoms with Gasteiger partial charge in [0.05, 0.1) is 36.5 Å². The molecule has 0 saturated heterocycles. The van der Waals surface area contributed by atoms with Gasteiger partial charge in [-0.1, -0.05) is 18.2 Å². The SMILES string of the molecule is O=C(Nc1cncc(OCC(O)CO)n1)c1cnc2ccc(-c3ccccc3C(F)(F)F)nn12. The van der Waals surface area contributed by atoms with E-state index in [0.717, 1.165) is 10.6 Å². The Hall–Kier alpha value is -4.10. The fourth-order valence-electron chi connectivity index (χ4n) is 3.02. The summed E-state index contributed by atoms with van der Waals surface area (Å²) in [5.74, 6) is -0.690. The van der Waals surface area contributed by atoms with Gasteiger partial charge < -0.3 is 20.3 Å². The van der Waals surface area contributed by atoms with Crippen LogP contribution in [-0.2, 0) is 6.18 Å². The molecule has 0 spiro atoms. The molecule has 0 fully saturated rings. The summed E-state index contributed by atoms with van der Waals surface area (Å²) in [5, 5.41) is 24.9. The average Bonchev–Trinajstić information content (AvgIpc) is 3.25. The van der Waals surface area contributed by atoms with Crippen molar-refractivity contribution in [3.63, 3.8) is 0 Å². The molecule has 3 heterocycles. The number of carbonyl (C=O) groups excluding carboxylic acids is 1. The molecule has 0 radical (unpaired) electrons. The van der Waals surface area contributed by atoms with E-state index in [0.29, 0.717) is 0 Å². The lowest BCUT2D eigenvalue weighted by molar-refractivity contribution is -0.137. The normalized spacial score (nSPS) is 12.5. The molecule has 1 unspecified atom stereocenters. The molecular weight excluding hydrogens is 457 g/mol. The molecule has 10 nitrogen and oxygen atoms in total. The van der Waals surface area contributed by atoms with Crippen molar-refractivity contribution < 1.29 is 32.9 Å². The van der Waals surface area contributed by atoms with Crippen molar-refractivity contribution in [3.05, 3.63) is 66.2 Å². The summed E-state index contributed by atoms with van der Waals surface area (Å²) in [6.45, 7) is -0.734. The molecule has 4 rings (SSSR count). The quantitative estimate of drug-likeness (QED) is 0.371. The summed E-state index contributed by atoms with van der Waals surface area (Å²) in [5.41, 5.74) is -0.793. The van der Waals surface area contributed by atoms with Crippen molar-refractivity contribution in [2.45, 2.75) is 12.3 Å². The zero-order valence-electron chi connectivity index (χ0n) is 17.3. The Labute approximate surface area is 189 Å². The summed E-state index contributed by atoms with van der Waals surface area (Å²) in [6, 6.07) is 7.84. The average molecular weight is 474 g/mol. The number of alkyl halides is 3. The molecule has 3 aromatic heterocycles. The van der Waals surface area contributed by atoms with E-state index >= 15 is 0 Å². The van der Waals surface area contributed by atoms with Gasteiger partial charge in [0.1, 0.15) is 12.7 Å².